The number of likely N-dealkylation sites (tertiary alicyclic amines) is 1. The average Bonchev–Trinajstić information content (AvgIpc) is 2.54. The molecule has 3 heterocycles. The van der Waals surface area contributed by atoms with Gasteiger partial charge in [0, 0.05) is 36.9 Å². The minimum atomic E-state index is -0.143. The Hall–Kier alpha value is -1.30. The highest BCUT2D eigenvalue weighted by Gasteiger charge is 2.31. The van der Waals surface area contributed by atoms with Gasteiger partial charge >= 0.3 is 0 Å². The second kappa shape index (κ2) is 6.30. The highest BCUT2D eigenvalue weighted by Crippen LogP contribution is 2.29. The summed E-state index contributed by atoms with van der Waals surface area (Å²) in [6.07, 6.45) is 3.41. The third kappa shape index (κ3) is 3.47. The number of amides is 1. The molecule has 5 nitrogen and oxygen atoms in total. The summed E-state index contributed by atoms with van der Waals surface area (Å²) < 4.78 is 1.68. The van der Waals surface area contributed by atoms with Crippen molar-refractivity contribution in [1.29, 1.82) is 0 Å². The van der Waals surface area contributed by atoms with Gasteiger partial charge in [0.25, 0.3) is 5.56 Å². The van der Waals surface area contributed by atoms with Crippen molar-refractivity contribution >= 4 is 17.7 Å². The quantitative estimate of drug-likeness (QED) is 0.739. The van der Waals surface area contributed by atoms with Gasteiger partial charge in [0.15, 0.2) is 5.16 Å². The van der Waals surface area contributed by atoms with E-state index in [1.165, 1.54) is 18.2 Å². The highest BCUT2D eigenvalue weighted by molar-refractivity contribution is 7.99. The third-order valence-electron chi connectivity index (χ3n) is 4.58. The summed E-state index contributed by atoms with van der Waals surface area (Å²) in [5.74, 6) is 0.815. The van der Waals surface area contributed by atoms with E-state index in [0.29, 0.717) is 6.54 Å². The second-order valence-corrected chi connectivity index (χ2v) is 8.50. The number of carbonyl (C=O) groups excluding carboxylic acids is 1. The monoisotopic (exact) mass is 335 g/mol. The van der Waals surface area contributed by atoms with Crippen molar-refractivity contribution < 1.29 is 4.79 Å². The van der Waals surface area contributed by atoms with E-state index in [1.807, 2.05) is 4.90 Å². The van der Waals surface area contributed by atoms with Crippen LogP contribution in [0.25, 0.3) is 0 Å². The fourth-order valence-corrected chi connectivity index (χ4v) is 4.20. The molecule has 0 N–H and O–H groups in total. The molecule has 0 aliphatic carbocycles. The molecule has 0 bridgehead atoms. The molecule has 23 heavy (non-hydrogen) atoms. The molecular weight excluding hydrogens is 310 g/mol. The number of hydrogen-bond acceptors (Lipinski definition) is 4. The van der Waals surface area contributed by atoms with Gasteiger partial charge in [0.1, 0.15) is 0 Å². The maximum Gasteiger partial charge on any atom is 0.254 e. The van der Waals surface area contributed by atoms with Gasteiger partial charge in [-0.25, -0.2) is 4.98 Å². The molecular formula is C17H25N3O2S. The van der Waals surface area contributed by atoms with Crippen LogP contribution in [0.3, 0.4) is 0 Å². The Labute approximate surface area is 141 Å². The number of thioether (sulfide) groups is 1. The number of rotatable bonds is 1. The SMILES string of the molecule is CC(C)(C)c1cc(=O)n2c(n1)SCC(C(=O)N1CCCCC1)C2. The van der Waals surface area contributed by atoms with Crippen LogP contribution < -0.4 is 5.56 Å². The summed E-state index contributed by atoms with van der Waals surface area (Å²) in [4.78, 5) is 31.8. The van der Waals surface area contributed by atoms with Gasteiger partial charge < -0.3 is 4.90 Å². The van der Waals surface area contributed by atoms with Crippen LogP contribution in [0.2, 0.25) is 0 Å². The molecule has 1 fully saturated rings. The predicted molar refractivity (Wildman–Crippen MR) is 91.8 cm³/mol. The minimum absolute atomic E-state index is 0.0384. The van der Waals surface area contributed by atoms with Gasteiger partial charge in [-0.15, -0.1) is 0 Å². The molecule has 3 rings (SSSR count). The topological polar surface area (TPSA) is 55.2 Å². The van der Waals surface area contributed by atoms with Gasteiger partial charge in [-0.05, 0) is 19.3 Å². The van der Waals surface area contributed by atoms with Gasteiger partial charge in [-0.1, -0.05) is 32.5 Å². The Morgan fingerprint density at radius 1 is 1.26 bits per heavy atom. The van der Waals surface area contributed by atoms with Crippen LogP contribution in [-0.4, -0.2) is 39.2 Å². The summed E-state index contributed by atoms with van der Waals surface area (Å²) in [6.45, 7) is 8.37. The summed E-state index contributed by atoms with van der Waals surface area (Å²) in [6, 6.07) is 1.62. The zero-order chi connectivity index (χ0) is 16.6. The van der Waals surface area contributed by atoms with Crippen molar-refractivity contribution in [1.82, 2.24) is 14.5 Å². The van der Waals surface area contributed by atoms with Crippen LogP contribution in [0.4, 0.5) is 0 Å². The molecule has 1 amide bonds. The van der Waals surface area contributed by atoms with Crippen molar-refractivity contribution in [2.24, 2.45) is 5.92 Å². The molecule has 0 radical (unpaired) electrons. The number of nitrogens with zero attached hydrogens (tertiary/aromatic N) is 3. The van der Waals surface area contributed by atoms with Crippen LogP contribution in [0.5, 0.6) is 0 Å². The summed E-state index contributed by atoms with van der Waals surface area (Å²) in [7, 11) is 0. The van der Waals surface area contributed by atoms with Crippen molar-refractivity contribution in [3.05, 3.63) is 22.1 Å². The molecule has 2 aliphatic rings. The fourth-order valence-electron chi connectivity index (χ4n) is 3.12. The second-order valence-electron chi connectivity index (χ2n) is 7.52. The van der Waals surface area contributed by atoms with E-state index in [2.05, 4.69) is 25.8 Å². The first-order valence-corrected chi connectivity index (χ1v) is 9.39. The van der Waals surface area contributed by atoms with Crippen LogP contribution in [0.1, 0.15) is 45.7 Å². The van der Waals surface area contributed by atoms with Gasteiger partial charge in [-0.2, -0.15) is 0 Å². The molecule has 0 saturated carbocycles. The zero-order valence-electron chi connectivity index (χ0n) is 14.2. The molecule has 1 atom stereocenters. The van der Waals surface area contributed by atoms with Crippen LogP contribution >= 0.6 is 11.8 Å². The summed E-state index contributed by atoms with van der Waals surface area (Å²) in [5, 5.41) is 0.755. The molecule has 126 valence electrons. The normalized spacial score (nSPS) is 21.9. The van der Waals surface area contributed by atoms with E-state index < -0.39 is 0 Å². The van der Waals surface area contributed by atoms with Gasteiger partial charge in [-0.3, -0.25) is 14.2 Å². The number of hydrogen-bond donors (Lipinski definition) is 0. The van der Waals surface area contributed by atoms with E-state index in [4.69, 9.17) is 0 Å². The Balaban J connectivity index is 1.81. The van der Waals surface area contributed by atoms with Crippen LogP contribution in [0.15, 0.2) is 16.0 Å². The molecule has 1 saturated heterocycles. The van der Waals surface area contributed by atoms with Crippen LogP contribution in [-0.2, 0) is 16.8 Å². The van der Waals surface area contributed by atoms with Gasteiger partial charge in [0.05, 0.1) is 11.6 Å². The summed E-state index contributed by atoms with van der Waals surface area (Å²) >= 11 is 1.54. The van der Waals surface area contributed by atoms with Crippen molar-refractivity contribution in [3.8, 4) is 0 Å². The zero-order valence-corrected chi connectivity index (χ0v) is 15.0. The van der Waals surface area contributed by atoms with E-state index >= 15 is 0 Å². The first-order chi connectivity index (χ1) is 10.9. The fraction of sp³-hybridized carbons (Fsp3) is 0.706. The number of carbonyl (C=O) groups is 1. The molecule has 1 aromatic rings. The van der Waals surface area contributed by atoms with E-state index in [-0.39, 0.29) is 22.8 Å². The average molecular weight is 335 g/mol. The minimum Gasteiger partial charge on any atom is -0.342 e. The molecule has 1 unspecified atom stereocenters. The molecule has 2 aliphatic heterocycles. The Bertz CT molecular complexity index is 657. The van der Waals surface area contributed by atoms with Crippen molar-refractivity contribution in [2.45, 2.75) is 57.1 Å². The smallest absolute Gasteiger partial charge is 0.254 e. The first-order valence-electron chi connectivity index (χ1n) is 8.40. The number of aromatic nitrogens is 2. The van der Waals surface area contributed by atoms with Crippen molar-refractivity contribution in [2.75, 3.05) is 18.8 Å². The predicted octanol–water partition coefficient (Wildman–Crippen LogP) is 2.28. The van der Waals surface area contributed by atoms with Gasteiger partial charge in [0.2, 0.25) is 5.91 Å². The number of fused-ring (bicyclic) bond motifs is 1. The lowest BCUT2D eigenvalue weighted by Gasteiger charge is -2.32. The summed E-state index contributed by atoms with van der Waals surface area (Å²) in [5.41, 5.74) is 0.640. The Morgan fingerprint density at radius 3 is 2.61 bits per heavy atom. The lowest BCUT2D eigenvalue weighted by molar-refractivity contribution is -0.136. The molecule has 0 spiro atoms. The largest absolute Gasteiger partial charge is 0.342 e. The Kier molecular flexibility index (Phi) is 4.54. The molecule has 1 aromatic heterocycles. The number of piperidine rings is 1. The van der Waals surface area contributed by atoms with Crippen LogP contribution in [0, 0.1) is 5.92 Å². The van der Waals surface area contributed by atoms with E-state index in [9.17, 15) is 9.59 Å². The molecule has 6 heteroatoms. The lowest BCUT2D eigenvalue weighted by atomic mass is 9.92. The lowest BCUT2D eigenvalue weighted by Crippen LogP contribution is -2.44. The maximum atomic E-state index is 12.7. The Morgan fingerprint density at radius 2 is 1.96 bits per heavy atom. The first kappa shape index (κ1) is 16.6. The van der Waals surface area contributed by atoms with E-state index in [1.54, 1.807) is 10.6 Å². The van der Waals surface area contributed by atoms with E-state index in [0.717, 1.165) is 42.5 Å². The van der Waals surface area contributed by atoms with Crippen molar-refractivity contribution in [3.63, 3.8) is 0 Å². The maximum absolute atomic E-state index is 12.7. The highest BCUT2D eigenvalue weighted by atomic mass is 32.2. The standard InChI is InChI=1S/C17H25N3O2S/c1-17(2,3)13-9-14(21)20-10-12(11-23-16(20)18-13)15(22)19-7-5-4-6-8-19/h9,12H,4-8,10-11H2,1-3H3. The molecule has 0 aromatic carbocycles. The third-order valence-corrected chi connectivity index (χ3v) is 5.71.